The molecule has 0 fully saturated rings. The van der Waals surface area contributed by atoms with Gasteiger partial charge >= 0.3 is 0 Å². The number of thiophene rings is 1. The molecule has 0 N–H and O–H groups in total. The van der Waals surface area contributed by atoms with E-state index in [1.807, 2.05) is 78.2 Å². The van der Waals surface area contributed by atoms with Crippen molar-refractivity contribution in [3.63, 3.8) is 0 Å². The van der Waals surface area contributed by atoms with E-state index in [-0.39, 0.29) is 20.1 Å². The van der Waals surface area contributed by atoms with Crippen molar-refractivity contribution in [2.24, 2.45) is 0 Å². The summed E-state index contributed by atoms with van der Waals surface area (Å²) in [4.78, 5) is 8.75. The van der Waals surface area contributed by atoms with Gasteiger partial charge in [0.15, 0.2) is 0 Å². The average Bonchev–Trinajstić information content (AvgIpc) is 3.76. The summed E-state index contributed by atoms with van der Waals surface area (Å²) in [6.45, 7) is 0. The molecular formula is C40H23IrN3S-2. The van der Waals surface area contributed by atoms with Crippen molar-refractivity contribution in [3.8, 4) is 22.5 Å². The van der Waals surface area contributed by atoms with Crippen LogP contribution in [0.4, 0.5) is 0 Å². The van der Waals surface area contributed by atoms with Crippen LogP contribution < -0.4 is 0 Å². The summed E-state index contributed by atoms with van der Waals surface area (Å²) in [5.74, 6) is 0. The number of fused-ring (bicyclic) bond motifs is 10. The molecule has 10 aromatic rings. The smallest absolute Gasteiger partial charge is 0.0516 e. The van der Waals surface area contributed by atoms with Crippen LogP contribution in [-0.4, -0.2) is 14.4 Å². The van der Waals surface area contributed by atoms with Gasteiger partial charge in [0.05, 0.1) is 5.52 Å². The van der Waals surface area contributed by atoms with Crippen molar-refractivity contribution in [3.05, 3.63) is 152 Å². The van der Waals surface area contributed by atoms with Crippen LogP contribution in [0.3, 0.4) is 0 Å². The maximum Gasteiger partial charge on any atom is 0.0516 e. The fraction of sp³-hybridized carbons (Fsp3) is 0. The van der Waals surface area contributed by atoms with Crippen molar-refractivity contribution < 1.29 is 20.1 Å². The Bertz CT molecular complexity index is 2550. The van der Waals surface area contributed by atoms with Gasteiger partial charge in [-0.1, -0.05) is 66.0 Å². The summed E-state index contributed by atoms with van der Waals surface area (Å²) in [5, 5.41) is 7.94. The molecule has 5 heteroatoms. The van der Waals surface area contributed by atoms with Gasteiger partial charge in [-0.2, -0.15) is 0 Å². The second-order valence-corrected chi connectivity index (χ2v) is 11.9. The third kappa shape index (κ3) is 4.43. The standard InChI is InChI=1S/C29H15N2S.C11H8N.Ir/c1-2-10-25-19(6-1)28-26(32-25)14-13-24-27(28)20-8-5-7-18-21-16-17(22-9-3-4-15-30-22)11-12-23(21)31(24)29(18)20;1-2-6-10(7-3-1)11-8-4-5-9-12-11;/h1-10,12-16H;1-6,8-9H;/q2*-1;. The maximum absolute atomic E-state index is 4.53. The summed E-state index contributed by atoms with van der Waals surface area (Å²) in [7, 11) is 0. The summed E-state index contributed by atoms with van der Waals surface area (Å²) in [6.07, 6.45) is 3.63. The number of pyridine rings is 2. The molecule has 0 aliphatic heterocycles. The number of para-hydroxylation sites is 1. The van der Waals surface area contributed by atoms with Crippen LogP contribution in [-0.2, 0) is 20.1 Å². The van der Waals surface area contributed by atoms with Gasteiger partial charge in [-0.05, 0) is 52.6 Å². The van der Waals surface area contributed by atoms with E-state index in [4.69, 9.17) is 0 Å². The Morgan fingerprint density at radius 3 is 2.04 bits per heavy atom. The van der Waals surface area contributed by atoms with Crippen molar-refractivity contribution in [2.75, 3.05) is 0 Å². The number of hydrogen-bond donors (Lipinski definition) is 0. The molecule has 0 aliphatic rings. The van der Waals surface area contributed by atoms with E-state index in [0.717, 1.165) is 22.5 Å². The van der Waals surface area contributed by atoms with E-state index in [9.17, 15) is 0 Å². The molecule has 10 rings (SSSR count). The predicted molar refractivity (Wildman–Crippen MR) is 185 cm³/mol. The van der Waals surface area contributed by atoms with Gasteiger partial charge in [-0.3, -0.25) is 0 Å². The monoisotopic (exact) mass is 770 g/mol. The zero-order valence-corrected chi connectivity index (χ0v) is 27.1. The molecule has 0 bridgehead atoms. The van der Waals surface area contributed by atoms with Gasteiger partial charge in [0, 0.05) is 69.0 Å². The van der Waals surface area contributed by atoms with E-state index < -0.39 is 0 Å². The fourth-order valence-electron chi connectivity index (χ4n) is 6.47. The fourth-order valence-corrected chi connectivity index (χ4v) is 7.58. The molecule has 3 nitrogen and oxygen atoms in total. The third-order valence-electron chi connectivity index (χ3n) is 8.34. The zero-order chi connectivity index (χ0) is 29.0. The minimum Gasteiger partial charge on any atom is -0.350 e. The number of rotatable bonds is 2. The quantitative estimate of drug-likeness (QED) is 0.164. The molecule has 0 aliphatic carbocycles. The first-order valence-corrected chi connectivity index (χ1v) is 15.4. The average molecular weight is 770 g/mol. The predicted octanol–water partition coefficient (Wildman–Crippen LogP) is 10.6. The van der Waals surface area contributed by atoms with Crippen LogP contribution in [0.1, 0.15) is 0 Å². The molecule has 0 unspecified atom stereocenters. The molecule has 45 heavy (non-hydrogen) atoms. The maximum atomic E-state index is 4.53. The second-order valence-electron chi connectivity index (χ2n) is 10.8. The van der Waals surface area contributed by atoms with E-state index in [2.05, 4.69) is 93.2 Å². The number of hydrogen-bond acceptors (Lipinski definition) is 3. The molecule has 5 aromatic heterocycles. The first-order valence-electron chi connectivity index (χ1n) is 14.6. The first-order chi connectivity index (χ1) is 21.8. The van der Waals surface area contributed by atoms with Crippen molar-refractivity contribution in [2.45, 2.75) is 0 Å². The SMILES string of the molecule is [Ir].[c-]1cc2c(cc1-c1ccccn1)c1cccc3c4c5c(ccc4n2c13)sc1ccccc15.[c-]1ccccc1-c1ccccn1. The van der Waals surface area contributed by atoms with Crippen LogP contribution in [0.25, 0.3) is 80.8 Å². The van der Waals surface area contributed by atoms with Gasteiger partial charge in [-0.15, -0.1) is 71.0 Å². The first kappa shape index (κ1) is 27.6. The summed E-state index contributed by atoms with van der Waals surface area (Å²) in [6, 6.07) is 50.8. The van der Waals surface area contributed by atoms with E-state index >= 15 is 0 Å². The Hall–Kier alpha value is -4.93. The Kier molecular flexibility index (Phi) is 6.88. The summed E-state index contributed by atoms with van der Waals surface area (Å²) >= 11 is 1.88. The third-order valence-corrected chi connectivity index (χ3v) is 9.48. The largest absolute Gasteiger partial charge is 0.350 e. The molecule has 0 saturated heterocycles. The number of benzene rings is 5. The van der Waals surface area contributed by atoms with Gasteiger partial charge < -0.3 is 14.4 Å². The van der Waals surface area contributed by atoms with Crippen molar-refractivity contribution >= 4 is 69.6 Å². The summed E-state index contributed by atoms with van der Waals surface area (Å²) < 4.78 is 5.12. The Labute approximate surface area is 277 Å². The second kappa shape index (κ2) is 11.2. The van der Waals surface area contributed by atoms with Crippen LogP contribution in [0.15, 0.2) is 140 Å². The molecule has 0 amide bonds. The van der Waals surface area contributed by atoms with Crippen LogP contribution in [0, 0.1) is 12.1 Å². The van der Waals surface area contributed by atoms with Crippen LogP contribution >= 0.6 is 11.3 Å². The molecule has 0 spiro atoms. The van der Waals surface area contributed by atoms with Crippen LogP contribution in [0.5, 0.6) is 0 Å². The normalized spacial score (nSPS) is 11.4. The molecule has 5 heterocycles. The molecule has 215 valence electrons. The summed E-state index contributed by atoms with van der Waals surface area (Å²) in [5.41, 5.74) is 7.76. The molecule has 0 saturated carbocycles. The van der Waals surface area contributed by atoms with Crippen LogP contribution in [0.2, 0.25) is 0 Å². The van der Waals surface area contributed by atoms with Gasteiger partial charge in [-0.25, -0.2) is 0 Å². The van der Waals surface area contributed by atoms with E-state index in [0.29, 0.717) is 0 Å². The van der Waals surface area contributed by atoms with Crippen molar-refractivity contribution in [1.29, 1.82) is 0 Å². The van der Waals surface area contributed by atoms with E-state index in [1.54, 1.807) is 6.20 Å². The van der Waals surface area contributed by atoms with Gasteiger partial charge in [0.2, 0.25) is 0 Å². The molecule has 0 atom stereocenters. The Morgan fingerprint density at radius 2 is 1.27 bits per heavy atom. The minimum absolute atomic E-state index is 0. The number of aromatic nitrogens is 3. The molecular weight excluding hydrogens is 747 g/mol. The van der Waals surface area contributed by atoms with Crippen molar-refractivity contribution in [1.82, 2.24) is 14.4 Å². The zero-order valence-electron chi connectivity index (χ0n) is 23.9. The van der Waals surface area contributed by atoms with Gasteiger partial charge in [0.25, 0.3) is 0 Å². The topological polar surface area (TPSA) is 30.2 Å². The molecule has 5 aromatic carbocycles. The molecule has 1 radical (unpaired) electrons. The number of nitrogens with zero attached hydrogens (tertiary/aromatic N) is 3. The van der Waals surface area contributed by atoms with Gasteiger partial charge in [0.1, 0.15) is 0 Å². The Morgan fingerprint density at radius 1 is 0.533 bits per heavy atom. The van der Waals surface area contributed by atoms with E-state index in [1.165, 1.54) is 58.3 Å². The Balaban J connectivity index is 0.000000196. The minimum atomic E-state index is 0.